The van der Waals surface area contributed by atoms with Crippen molar-refractivity contribution in [1.82, 2.24) is 18.9 Å². The Morgan fingerprint density at radius 2 is 1.57 bits per heavy atom. The molecule has 0 atom stereocenters. The van der Waals surface area contributed by atoms with Gasteiger partial charge in [0.15, 0.2) is 0 Å². The van der Waals surface area contributed by atoms with Crippen LogP contribution in [0.25, 0.3) is 10.4 Å². The van der Waals surface area contributed by atoms with E-state index in [1.54, 1.807) is 29.0 Å². The Morgan fingerprint density at radius 1 is 0.900 bits per heavy atom. The summed E-state index contributed by atoms with van der Waals surface area (Å²) in [6.07, 6.45) is 0. The first-order valence-corrected chi connectivity index (χ1v) is 11.2. The van der Waals surface area contributed by atoms with Crippen LogP contribution in [0.2, 0.25) is 5.02 Å². The zero-order valence-corrected chi connectivity index (χ0v) is 18.7. The zero-order chi connectivity index (χ0) is 21.3. The van der Waals surface area contributed by atoms with Gasteiger partial charge in [0.2, 0.25) is 0 Å². The third-order valence-electron chi connectivity index (χ3n) is 5.66. The summed E-state index contributed by atoms with van der Waals surface area (Å²) in [5.74, 6) is 0. The van der Waals surface area contributed by atoms with Crippen molar-refractivity contribution < 1.29 is 0 Å². The Morgan fingerprint density at radius 3 is 2.27 bits per heavy atom. The molecule has 1 saturated heterocycles. The number of nitrogens with zero attached hydrogens (tertiary/aromatic N) is 4. The van der Waals surface area contributed by atoms with Crippen LogP contribution in [0.15, 0.2) is 52.1 Å². The van der Waals surface area contributed by atoms with E-state index in [4.69, 9.17) is 11.6 Å². The molecule has 158 valence electrons. The zero-order valence-electron chi connectivity index (χ0n) is 17.2. The van der Waals surface area contributed by atoms with Crippen LogP contribution >= 0.6 is 22.9 Å². The molecule has 4 rings (SSSR count). The van der Waals surface area contributed by atoms with Crippen molar-refractivity contribution in [2.24, 2.45) is 14.1 Å². The Labute approximate surface area is 184 Å². The summed E-state index contributed by atoms with van der Waals surface area (Å²) in [5, 5.41) is 0.782. The number of benzene rings is 1. The van der Waals surface area contributed by atoms with E-state index in [1.807, 2.05) is 18.2 Å². The smallest absolute Gasteiger partial charge is 0.299 e. The number of aromatic nitrogens is 2. The summed E-state index contributed by atoms with van der Waals surface area (Å²) < 4.78 is 2.70. The highest BCUT2D eigenvalue weighted by Gasteiger charge is 2.19. The van der Waals surface area contributed by atoms with Crippen molar-refractivity contribution in [3.63, 3.8) is 0 Å². The normalized spacial score (nSPS) is 15.6. The van der Waals surface area contributed by atoms with Gasteiger partial charge in [0.1, 0.15) is 0 Å². The van der Waals surface area contributed by atoms with Crippen LogP contribution in [0.3, 0.4) is 0 Å². The van der Waals surface area contributed by atoms with Crippen molar-refractivity contribution in [1.29, 1.82) is 0 Å². The average Bonchev–Trinajstić information content (AvgIpc) is 3.20. The molecule has 0 amide bonds. The number of halogens is 1. The quantitative estimate of drug-likeness (QED) is 0.607. The number of hydrogen-bond acceptors (Lipinski definition) is 5. The van der Waals surface area contributed by atoms with Gasteiger partial charge >= 0.3 is 5.69 Å². The Hall–Kier alpha value is -2.19. The van der Waals surface area contributed by atoms with Crippen LogP contribution < -0.4 is 11.2 Å². The van der Waals surface area contributed by atoms with Crippen molar-refractivity contribution in [3.8, 4) is 10.4 Å². The molecule has 0 saturated carbocycles. The van der Waals surface area contributed by atoms with Crippen LogP contribution in [-0.2, 0) is 27.2 Å². The minimum absolute atomic E-state index is 0.251. The fraction of sp³-hybridized carbons (Fsp3) is 0.364. The second-order valence-electron chi connectivity index (χ2n) is 7.67. The van der Waals surface area contributed by atoms with Crippen LogP contribution in [0.5, 0.6) is 0 Å². The molecule has 3 aromatic rings. The third kappa shape index (κ3) is 4.44. The van der Waals surface area contributed by atoms with Crippen LogP contribution in [0, 0.1) is 0 Å². The molecule has 0 aliphatic carbocycles. The van der Waals surface area contributed by atoms with Gasteiger partial charge in [0, 0.05) is 85.5 Å². The highest BCUT2D eigenvalue weighted by molar-refractivity contribution is 7.15. The fourth-order valence-corrected chi connectivity index (χ4v) is 5.14. The van der Waals surface area contributed by atoms with Gasteiger partial charge in [0.05, 0.1) is 0 Å². The molecule has 1 aromatic carbocycles. The number of piperazine rings is 1. The lowest BCUT2D eigenvalue weighted by Crippen LogP contribution is -2.46. The molecule has 8 heteroatoms. The highest BCUT2D eigenvalue weighted by Crippen LogP contribution is 2.33. The molecule has 0 spiro atoms. The summed E-state index contributed by atoms with van der Waals surface area (Å²) in [4.78, 5) is 31.3. The van der Waals surface area contributed by atoms with E-state index in [0.29, 0.717) is 6.54 Å². The van der Waals surface area contributed by atoms with Gasteiger partial charge in [-0.2, -0.15) is 0 Å². The number of hydrogen-bond donors (Lipinski definition) is 0. The molecular weight excluding hydrogens is 420 g/mol. The van der Waals surface area contributed by atoms with Crippen molar-refractivity contribution in [2.75, 3.05) is 26.2 Å². The minimum Gasteiger partial charge on any atom is -0.299 e. The molecule has 1 aliphatic rings. The molecule has 0 N–H and O–H groups in total. The molecule has 30 heavy (non-hydrogen) atoms. The lowest BCUT2D eigenvalue weighted by Gasteiger charge is -2.34. The van der Waals surface area contributed by atoms with Gasteiger partial charge in [-0.3, -0.25) is 23.7 Å². The third-order valence-corrected chi connectivity index (χ3v) is 7.09. The summed E-state index contributed by atoms with van der Waals surface area (Å²) in [6, 6.07) is 13.8. The van der Waals surface area contributed by atoms with Gasteiger partial charge in [-0.15, -0.1) is 11.3 Å². The molecule has 0 unspecified atom stereocenters. The molecule has 0 radical (unpaired) electrons. The van der Waals surface area contributed by atoms with E-state index in [-0.39, 0.29) is 11.2 Å². The predicted octanol–water partition coefficient (Wildman–Crippen LogP) is 2.78. The van der Waals surface area contributed by atoms with Crippen LogP contribution in [-0.4, -0.2) is 45.1 Å². The first-order valence-electron chi connectivity index (χ1n) is 9.96. The highest BCUT2D eigenvalue weighted by atomic mass is 35.5. The van der Waals surface area contributed by atoms with E-state index in [2.05, 4.69) is 28.0 Å². The van der Waals surface area contributed by atoms with Gasteiger partial charge in [-0.25, -0.2) is 4.79 Å². The molecule has 6 nitrogen and oxygen atoms in total. The van der Waals surface area contributed by atoms with Crippen molar-refractivity contribution in [2.45, 2.75) is 13.1 Å². The Balaban J connectivity index is 1.35. The van der Waals surface area contributed by atoms with Crippen molar-refractivity contribution in [3.05, 3.63) is 78.9 Å². The molecule has 3 heterocycles. The SMILES string of the molecule is Cn1c(CN2CCN(Cc3ccc(-c4ccccc4Cl)s3)CC2)cc(=O)n(C)c1=O. The molecular formula is C22H25ClN4O2S. The van der Waals surface area contributed by atoms with Crippen LogP contribution in [0.4, 0.5) is 0 Å². The van der Waals surface area contributed by atoms with E-state index >= 15 is 0 Å². The van der Waals surface area contributed by atoms with E-state index in [0.717, 1.165) is 53.6 Å². The largest absolute Gasteiger partial charge is 0.330 e. The maximum absolute atomic E-state index is 12.1. The van der Waals surface area contributed by atoms with Crippen LogP contribution in [0.1, 0.15) is 10.6 Å². The second-order valence-corrected chi connectivity index (χ2v) is 9.25. The summed E-state index contributed by atoms with van der Waals surface area (Å²) >= 11 is 8.12. The first-order chi connectivity index (χ1) is 14.4. The van der Waals surface area contributed by atoms with Crippen molar-refractivity contribution >= 4 is 22.9 Å². The fourth-order valence-electron chi connectivity index (χ4n) is 3.75. The lowest BCUT2D eigenvalue weighted by atomic mass is 10.2. The molecule has 0 bridgehead atoms. The van der Waals surface area contributed by atoms with E-state index < -0.39 is 0 Å². The molecule has 1 fully saturated rings. The Kier molecular flexibility index (Phi) is 6.24. The van der Waals surface area contributed by atoms with Gasteiger partial charge in [-0.1, -0.05) is 29.8 Å². The van der Waals surface area contributed by atoms with Gasteiger partial charge in [0.25, 0.3) is 5.56 Å². The standard InChI is InChI=1S/C22H25ClN4O2S/c1-24-16(13-21(28)25(2)22(24)29)14-26-9-11-27(12-10-26)15-17-7-8-20(30-17)18-5-3-4-6-19(18)23/h3-8,13H,9-12,14-15H2,1-2H3. The average molecular weight is 445 g/mol. The maximum Gasteiger partial charge on any atom is 0.330 e. The first kappa shape index (κ1) is 21.1. The Bertz CT molecular complexity index is 1160. The molecule has 2 aromatic heterocycles. The van der Waals surface area contributed by atoms with Gasteiger partial charge in [-0.05, 0) is 18.2 Å². The predicted molar refractivity (Wildman–Crippen MR) is 122 cm³/mol. The molecule has 1 aliphatic heterocycles. The topological polar surface area (TPSA) is 50.5 Å². The number of thiophene rings is 1. The monoisotopic (exact) mass is 444 g/mol. The lowest BCUT2D eigenvalue weighted by molar-refractivity contribution is 0.120. The van der Waals surface area contributed by atoms with E-state index in [1.165, 1.54) is 16.8 Å². The minimum atomic E-state index is -0.275. The van der Waals surface area contributed by atoms with E-state index in [9.17, 15) is 9.59 Å². The maximum atomic E-state index is 12.1. The number of rotatable bonds is 5. The van der Waals surface area contributed by atoms with Gasteiger partial charge < -0.3 is 0 Å². The summed E-state index contributed by atoms with van der Waals surface area (Å²) in [7, 11) is 3.23. The summed E-state index contributed by atoms with van der Waals surface area (Å²) in [5.41, 5.74) is 1.32. The summed E-state index contributed by atoms with van der Waals surface area (Å²) in [6.45, 7) is 5.27. The second kappa shape index (κ2) is 8.89.